The molecule has 0 aliphatic carbocycles. The molecule has 0 saturated carbocycles. The third-order valence-corrected chi connectivity index (χ3v) is 5.12. The van der Waals surface area contributed by atoms with Crippen molar-refractivity contribution < 1.29 is 9.53 Å². The van der Waals surface area contributed by atoms with Crippen molar-refractivity contribution >= 4 is 17.7 Å². The summed E-state index contributed by atoms with van der Waals surface area (Å²) >= 11 is 1.74. The fraction of sp³-hybridized carbons (Fsp3) is 0.929. The molecule has 110 valence electrons. The van der Waals surface area contributed by atoms with Gasteiger partial charge in [-0.1, -0.05) is 0 Å². The number of carbonyl (C=O) groups excluding carboxylic acids is 1. The van der Waals surface area contributed by atoms with Crippen molar-refractivity contribution in [3.05, 3.63) is 0 Å². The number of thioether (sulfide) groups is 1. The van der Waals surface area contributed by atoms with E-state index in [1.807, 2.05) is 11.9 Å². The highest BCUT2D eigenvalue weighted by molar-refractivity contribution is 7.99. The van der Waals surface area contributed by atoms with Crippen molar-refractivity contribution in [1.82, 2.24) is 10.2 Å². The normalized spacial score (nSPS) is 25.5. The van der Waals surface area contributed by atoms with Crippen LogP contribution in [0, 0.1) is 0 Å². The highest BCUT2D eigenvalue weighted by atomic mass is 32.2. The number of likely N-dealkylation sites (tertiary alicyclic amines) is 1. The van der Waals surface area contributed by atoms with Crippen LogP contribution in [0.25, 0.3) is 0 Å². The Balaban J connectivity index is 1.59. The molecule has 2 aliphatic rings. The molecule has 2 aliphatic heterocycles. The number of hydrogen-bond donors (Lipinski definition) is 1. The average Bonchev–Trinajstić information content (AvgIpc) is 2.48. The van der Waals surface area contributed by atoms with Gasteiger partial charge in [-0.15, -0.1) is 11.8 Å². The monoisotopic (exact) mass is 286 g/mol. The van der Waals surface area contributed by atoms with Gasteiger partial charge < -0.3 is 15.0 Å². The molecule has 1 unspecified atom stereocenters. The van der Waals surface area contributed by atoms with Crippen molar-refractivity contribution in [2.24, 2.45) is 0 Å². The van der Waals surface area contributed by atoms with Crippen molar-refractivity contribution in [3.63, 3.8) is 0 Å². The standard InChI is InChI=1S/C14H26N2O2S/c1-15-12-5-7-16(8-6-12)14(17)11-19-10-13-4-2-3-9-18-13/h12-13,15H,2-11H2,1H3. The molecule has 0 radical (unpaired) electrons. The van der Waals surface area contributed by atoms with E-state index < -0.39 is 0 Å². The highest BCUT2D eigenvalue weighted by Crippen LogP contribution is 2.18. The Morgan fingerprint density at radius 2 is 2.11 bits per heavy atom. The molecule has 0 aromatic rings. The van der Waals surface area contributed by atoms with Crippen LogP contribution in [0.1, 0.15) is 32.1 Å². The summed E-state index contributed by atoms with van der Waals surface area (Å²) in [5, 5.41) is 3.29. The fourth-order valence-electron chi connectivity index (χ4n) is 2.73. The van der Waals surface area contributed by atoms with Crippen LogP contribution in [0.5, 0.6) is 0 Å². The molecule has 1 N–H and O–H groups in total. The van der Waals surface area contributed by atoms with Gasteiger partial charge in [0.2, 0.25) is 5.91 Å². The summed E-state index contributed by atoms with van der Waals surface area (Å²) in [6, 6.07) is 0.590. The number of nitrogens with zero attached hydrogens (tertiary/aromatic N) is 1. The Hall–Kier alpha value is -0.260. The Morgan fingerprint density at radius 3 is 2.74 bits per heavy atom. The second-order valence-corrected chi connectivity index (χ2v) is 6.48. The third-order valence-electron chi connectivity index (χ3n) is 4.06. The third kappa shape index (κ3) is 4.97. The minimum absolute atomic E-state index is 0.301. The van der Waals surface area contributed by atoms with Crippen LogP contribution in [0.15, 0.2) is 0 Å². The number of carbonyl (C=O) groups is 1. The van der Waals surface area contributed by atoms with E-state index in [2.05, 4.69) is 5.32 Å². The quantitative estimate of drug-likeness (QED) is 0.831. The van der Waals surface area contributed by atoms with Gasteiger partial charge in [-0.3, -0.25) is 4.79 Å². The van der Waals surface area contributed by atoms with Gasteiger partial charge in [-0.2, -0.15) is 0 Å². The average molecular weight is 286 g/mol. The summed E-state index contributed by atoms with van der Waals surface area (Å²) in [6.45, 7) is 2.71. The summed E-state index contributed by atoms with van der Waals surface area (Å²) in [5.41, 5.74) is 0. The van der Waals surface area contributed by atoms with Gasteiger partial charge in [0.05, 0.1) is 11.9 Å². The zero-order valence-electron chi connectivity index (χ0n) is 11.9. The summed E-state index contributed by atoms with van der Waals surface area (Å²) in [7, 11) is 2.00. The van der Waals surface area contributed by atoms with E-state index in [-0.39, 0.29) is 0 Å². The van der Waals surface area contributed by atoms with Crippen LogP contribution in [0.2, 0.25) is 0 Å². The van der Waals surface area contributed by atoms with Crippen LogP contribution >= 0.6 is 11.8 Å². The predicted octanol–water partition coefficient (Wildman–Crippen LogP) is 1.50. The zero-order valence-corrected chi connectivity index (χ0v) is 12.7. The molecule has 5 heteroatoms. The van der Waals surface area contributed by atoms with Crippen LogP contribution in [0.3, 0.4) is 0 Å². The number of piperidine rings is 1. The van der Waals surface area contributed by atoms with Crippen LogP contribution in [0.4, 0.5) is 0 Å². The van der Waals surface area contributed by atoms with Gasteiger partial charge in [0, 0.05) is 31.5 Å². The molecule has 0 aromatic carbocycles. The molecule has 2 heterocycles. The Morgan fingerprint density at radius 1 is 1.32 bits per heavy atom. The minimum atomic E-state index is 0.301. The Bertz CT molecular complexity index is 275. The molecular weight excluding hydrogens is 260 g/mol. The Labute approximate surface area is 120 Å². The number of ether oxygens (including phenoxy) is 1. The molecule has 2 rings (SSSR count). The topological polar surface area (TPSA) is 41.6 Å². The second-order valence-electron chi connectivity index (χ2n) is 5.45. The number of hydrogen-bond acceptors (Lipinski definition) is 4. The molecule has 0 bridgehead atoms. The van der Waals surface area contributed by atoms with E-state index in [4.69, 9.17) is 4.74 Å². The van der Waals surface area contributed by atoms with E-state index in [9.17, 15) is 4.79 Å². The van der Waals surface area contributed by atoms with E-state index in [0.29, 0.717) is 23.8 Å². The first-order valence-corrected chi connectivity index (χ1v) is 8.59. The van der Waals surface area contributed by atoms with Crippen molar-refractivity contribution in [2.45, 2.75) is 44.2 Å². The second kappa shape index (κ2) is 8.12. The van der Waals surface area contributed by atoms with Gasteiger partial charge in [-0.05, 0) is 39.2 Å². The van der Waals surface area contributed by atoms with Gasteiger partial charge in [0.25, 0.3) is 0 Å². The molecule has 2 saturated heterocycles. The molecule has 4 nitrogen and oxygen atoms in total. The number of nitrogens with one attached hydrogen (secondary N) is 1. The van der Waals surface area contributed by atoms with E-state index in [0.717, 1.165) is 44.7 Å². The summed E-state index contributed by atoms with van der Waals surface area (Å²) in [6.07, 6.45) is 6.17. The lowest BCUT2D eigenvalue weighted by atomic mass is 10.1. The van der Waals surface area contributed by atoms with Crippen LogP contribution < -0.4 is 5.32 Å². The molecule has 2 fully saturated rings. The molecule has 0 aromatic heterocycles. The van der Waals surface area contributed by atoms with Crippen molar-refractivity contribution in [3.8, 4) is 0 Å². The maximum atomic E-state index is 12.1. The smallest absolute Gasteiger partial charge is 0.232 e. The lowest BCUT2D eigenvalue weighted by molar-refractivity contribution is -0.129. The maximum Gasteiger partial charge on any atom is 0.232 e. The predicted molar refractivity (Wildman–Crippen MR) is 79.6 cm³/mol. The summed E-state index contributed by atoms with van der Waals surface area (Å²) in [5.74, 6) is 1.89. The lowest BCUT2D eigenvalue weighted by Crippen LogP contribution is -2.44. The SMILES string of the molecule is CNC1CCN(C(=O)CSCC2CCCCO2)CC1. The minimum Gasteiger partial charge on any atom is -0.377 e. The Kier molecular flexibility index (Phi) is 6.47. The van der Waals surface area contributed by atoms with Gasteiger partial charge in [0.15, 0.2) is 0 Å². The van der Waals surface area contributed by atoms with E-state index in [1.54, 1.807) is 11.8 Å². The van der Waals surface area contributed by atoms with Crippen LogP contribution in [-0.4, -0.2) is 61.2 Å². The van der Waals surface area contributed by atoms with E-state index >= 15 is 0 Å². The van der Waals surface area contributed by atoms with Gasteiger partial charge >= 0.3 is 0 Å². The van der Waals surface area contributed by atoms with Crippen molar-refractivity contribution in [1.29, 1.82) is 0 Å². The molecular formula is C14H26N2O2S. The molecule has 0 spiro atoms. The summed E-state index contributed by atoms with van der Waals surface area (Å²) < 4.78 is 5.68. The first kappa shape index (κ1) is 15.1. The largest absolute Gasteiger partial charge is 0.377 e. The molecule has 1 atom stereocenters. The molecule has 1 amide bonds. The first-order chi connectivity index (χ1) is 9.29. The van der Waals surface area contributed by atoms with Gasteiger partial charge in [0.1, 0.15) is 0 Å². The number of rotatable bonds is 5. The van der Waals surface area contributed by atoms with Crippen molar-refractivity contribution in [2.75, 3.05) is 38.2 Å². The zero-order chi connectivity index (χ0) is 13.5. The fourth-order valence-corrected chi connectivity index (χ4v) is 3.73. The first-order valence-electron chi connectivity index (χ1n) is 7.44. The maximum absolute atomic E-state index is 12.1. The summed E-state index contributed by atoms with van der Waals surface area (Å²) in [4.78, 5) is 14.1. The lowest BCUT2D eigenvalue weighted by Gasteiger charge is -2.32. The van der Waals surface area contributed by atoms with Gasteiger partial charge in [-0.25, -0.2) is 0 Å². The molecule has 19 heavy (non-hydrogen) atoms. The number of amides is 1. The van der Waals surface area contributed by atoms with E-state index in [1.165, 1.54) is 12.8 Å². The van der Waals surface area contributed by atoms with Crippen LogP contribution in [-0.2, 0) is 9.53 Å². The highest BCUT2D eigenvalue weighted by Gasteiger charge is 2.22.